The number of benzene rings is 1. The Labute approximate surface area is 97.1 Å². The Morgan fingerprint density at radius 3 is 2.94 bits per heavy atom. The van der Waals surface area contributed by atoms with Gasteiger partial charge in [-0.15, -0.1) is 0 Å². The maximum atomic E-state index is 9.24. The zero-order valence-electron chi connectivity index (χ0n) is 9.98. The van der Waals surface area contributed by atoms with Gasteiger partial charge in [0.1, 0.15) is 0 Å². The molecular formula is C13H20N2O. The third-order valence-corrected chi connectivity index (χ3v) is 3.04. The first-order valence-corrected chi connectivity index (χ1v) is 5.87. The predicted octanol–water partition coefficient (Wildman–Crippen LogP) is 1.15. The Balaban J connectivity index is 2.14. The van der Waals surface area contributed by atoms with E-state index in [-0.39, 0.29) is 12.6 Å². The molecule has 1 fully saturated rings. The second kappa shape index (κ2) is 4.85. The van der Waals surface area contributed by atoms with Crippen LogP contribution in [0.2, 0.25) is 0 Å². The van der Waals surface area contributed by atoms with Gasteiger partial charge in [0.15, 0.2) is 0 Å². The van der Waals surface area contributed by atoms with Crippen molar-refractivity contribution in [3.63, 3.8) is 0 Å². The standard InChI is InChI=1S/C13H20N2O/c1-10-4-3-5-13(6-10)15-7-11(2)14-12(8-15)9-16/h3-6,11-12,14,16H,7-9H2,1-2H3. The molecule has 0 bridgehead atoms. The fourth-order valence-electron chi connectivity index (χ4n) is 2.32. The molecule has 3 nitrogen and oxygen atoms in total. The molecule has 1 heterocycles. The van der Waals surface area contributed by atoms with Gasteiger partial charge < -0.3 is 15.3 Å². The summed E-state index contributed by atoms with van der Waals surface area (Å²) in [7, 11) is 0. The maximum absolute atomic E-state index is 9.24. The summed E-state index contributed by atoms with van der Waals surface area (Å²) in [5.41, 5.74) is 2.54. The molecule has 1 aromatic carbocycles. The minimum atomic E-state index is 0.185. The summed E-state index contributed by atoms with van der Waals surface area (Å²) in [6.07, 6.45) is 0. The number of rotatable bonds is 2. The van der Waals surface area contributed by atoms with E-state index < -0.39 is 0 Å². The van der Waals surface area contributed by atoms with Gasteiger partial charge in [0.05, 0.1) is 6.61 Å². The van der Waals surface area contributed by atoms with E-state index in [0.29, 0.717) is 6.04 Å². The molecule has 0 aromatic heterocycles. The smallest absolute Gasteiger partial charge is 0.0602 e. The minimum absolute atomic E-state index is 0.185. The molecule has 2 N–H and O–H groups in total. The number of piperazine rings is 1. The van der Waals surface area contributed by atoms with Crippen molar-refractivity contribution < 1.29 is 5.11 Å². The van der Waals surface area contributed by atoms with E-state index in [1.807, 2.05) is 0 Å². The Hall–Kier alpha value is -1.06. The van der Waals surface area contributed by atoms with Gasteiger partial charge in [-0.05, 0) is 31.5 Å². The maximum Gasteiger partial charge on any atom is 0.0602 e. The van der Waals surface area contributed by atoms with E-state index in [9.17, 15) is 5.11 Å². The largest absolute Gasteiger partial charge is 0.395 e. The Bertz CT molecular complexity index is 354. The predicted molar refractivity (Wildman–Crippen MR) is 66.9 cm³/mol. The number of nitrogens with zero attached hydrogens (tertiary/aromatic N) is 1. The molecule has 0 saturated carbocycles. The lowest BCUT2D eigenvalue weighted by atomic mass is 10.1. The summed E-state index contributed by atoms with van der Waals surface area (Å²) in [5.74, 6) is 0. The van der Waals surface area contributed by atoms with Crippen LogP contribution in [0.1, 0.15) is 12.5 Å². The van der Waals surface area contributed by atoms with Crippen molar-refractivity contribution in [3.05, 3.63) is 29.8 Å². The van der Waals surface area contributed by atoms with Gasteiger partial charge in [0.2, 0.25) is 0 Å². The summed E-state index contributed by atoms with van der Waals surface area (Å²) < 4.78 is 0. The summed E-state index contributed by atoms with van der Waals surface area (Å²) in [5, 5.41) is 12.6. The molecule has 2 rings (SSSR count). The molecular weight excluding hydrogens is 200 g/mol. The molecule has 3 heteroatoms. The summed E-state index contributed by atoms with van der Waals surface area (Å²) in [6, 6.07) is 9.14. The van der Waals surface area contributed by atoms with Crippen molar-refractivity contribution in [3.8, 4) is 0 Å². The Morgan fingerprint density at radius 1 is 1.44 bits per heavy atom. The highest BCUT2D eigenvalue weighted by Gasteiger charge is 2.23. The van der Waals surface area contributed by atoms with Crippen LogP contribution in [-0.2, 0) is 0 Å². The van der Waals surface area contributed by atoms with E-state index in [4.69, 9.17) is 0 Å². The molecule has 0 aliphatic carbocycles. The number of aryl methyl sites for hydroxylation is 1. The number of anilines is 1. The third-order valence-electron chi connectivity index (χ3n) is 3.04. The van der Waals surface area contributed by atoms with Gasteiger partial charge in [-0.2, -0.15) is 0 Å². The lowest BCUT2D eigenvalue weighted by Gasteiger charge is -2.38. The van der Waals surface area contributed by atoms with Crippen LogP contribution in [0.5, 0.6) is 0 Å². The fourth-order valence-corrected chi connectivity index (χ4v) is 2.32. The monoisotopic (exact) mass is 220 g/mol. The molecule has 0 radical (unpaired) electrons. The Kier molecular flexibility index (Phi) is 3.46. The van der Waals surface area contributed by atoms with Gasteiger partial charge in [-0.3, -0.25) is 0 Å². The van der Waals surface area contributed by atoms with Crippen molar-refractivity contribution in [2.45, 2.75) is 25.9 Å². The van der Waals surface area contributed by atoms with Gasteiger partial charge in [-0.1, -0.05) is 12.1 Å². The zero-order chi connectivity index (χ0) is 11.5. The van der Waals surface area contributed by atoms with E-state index in [1.54, 1.807) is 0 Å². The topological polar surface area (TPSA) is 35.5 Å². The first kappa shape index (κ1) is 11.4. The minimum Gasteiger partial charge on any atom is -0.395 e. The number of hydrogen-bond acceptors (Lipinski definition) is 3. The van der Waals surface area contributed by atoms with Crippen LogP contribution in [0.4, 0.5) is 5.69 Å². The van der Waals surface area contributed by atoms with Crippen molar-refractivity contribution in [2.75, 3.05) is 24.6 Å². The van der Waals surface area contributed by atoms with Crippen molar-refractivity contribution in [2.24, 2.45) is 0 Å². The summed E-state index contributed by atoms with van der Waals surface area (Å²) in [4.78, 5) is 2.34. The molecule has 2 atom stereocenters. The van der Waals surface area contributed by atoms with Crippen LogP contribution in [-0.4, -0.2) is 36.9 Å². The second-order valence-electron chi connectivity index (χ2n) is 4.69. The first-order chi connectivity index (χ1) is 7.69. The molecule has 1 saturated heterocycles. The van der Waals surface area contributed by atoms with Crippen LogP contribution in [0.3, 0.4) is 0 Å². The van der Waals surface area contributed by atoms with Gasteiger partial charge in [0, 0.05) is 30.9 Å². The highest BCUT2D eigenvalue weighted by molar-refractivity contribution is 5.49. The number of aliphatic hydroxyl groups excluding tert-OH is 1. The zero-order valence-corrected chi connectivity index (χ0v) is 9.98. The highest BCUT2D eigenvalue weighted by Crippen LogP contribution is 2.18. The van der Waals surface area contributed by atoms with Gasteiger partial charge in [-0.25, -0.2) is 0 Å². The molecule has 16 heavy (non-hydrogen) atoms. The average Bonchev–Trinajstić information content (AvgIpc) is 2.28. The molecule has 1 aliphatic heterocycles. The lowest BCUT2D eigenvalue weighted by molar-refractivity contribution is 0.221. The molecule has 0 spiro atoms. The normalized spacial score (nSPS) is 25.8. The molecule has 1 aromatic rings. The number of hydrogen-bond donors (Lipinski definition) is 2. The quantitative estimate of drug-likeness (QED) is 0.785. The van der Waals surface area contributed by atoms with Crippen LogP contribution < -0.4 is 10.2 Å². The molecule has 2 unspecified atom stereocenters. The van der Waals surface area contributed by atoms with Crippen LogP contribution in [0.25, 0.3) is 0 Å². The van der Waals surface area contributed by atoms with Gasteiger partial charge in [0.25, 0.3) is 0 Å². The highest BCUT2D eigenvalue weighted by atomic mass is 16.3. The van der Waals surface area contributed by atoms with E-state index in [2.05, 4.69) is 48.3 Å². The summed E-state index contributed by atoms with van der Waals surface area (Å²) >= 11 is 0. The van der Waals surface area contributed by atoms with E-state index in [1.165, 1.54) is 11.3 Å². The van der Waals surface area contributed by atoms with E-state index in [0.717, 1.165) is 13.1 Å². The van der Waals surface area contributed by atoms with Crippen LogP contribution in [0, 0.1) is 6.92 Å². The Morgan fingerprint density at radius 2 is 2.25 bits per heavy atom. The first-order valence-electron chi connectivity index (χ1n) is 5.87. The lowest BCUT2D eigenvalue weighted by Crippen LogP contribution is -2.56. The summed E-state index contributed by atoms with van der Waals surface area (Å²) in [6.45, 7) is 6.35. The molecule has 0 amide bonds. The van der Waals surface area contributed by atoms with Crippen molar-refractivity contribution in [1.82, 2.24) is 5.32 Å². The van der Waals surface area contributed by atoms with E-state index >= 15 is 0 Å². The molecule has 1 aliphatic rings. The number of nitrogens with one attached hydrogen (secondary N) is 1. The fraction of sp³-hybridized carbons (Fsp3) is 0.538. The number of aliphatic hydroxyl groups is 1. The third kappa shape index (κ3) is 2.54. The van der Waals surface area contributed by atoms with Crippen molar-refractivity contribution in [1.29, 1.82) is 0 Å². The van der Waals surface area contributed by atoms with Crippen LogP contribution in [0.15, 0.2) is 24.3 Å². The van der Waals surface area contributed by atoms with Crippen molar-refractivity contribution >= 4 is 5.69 Å². The van der Waals surface area contributed by atoms with Gasteiger partial charge >= 0.3 is 0 Å². The SMILES string of the molecule is Cc1cccc(N2CC(C)NC(CO)C2)c1. The van der Waals surface area contributed by atoms with Crippen LogP contribution >= 0.6 is 0 Å². The average molecular weight is 220 g/mol. The molecule has 88 valence electrons. The second-order valence-corrected chi connectivity index (χ2v) is 4.69.